The summed E-state index contributed by atoms with van der Waals surface area (Å²) < 4.78 is 5.30. The van der Waals surface area contributed by atoms with Gasteiger partial charge in [0.15, 0.2) is 0 Å². The van der Waals surface area contributed by atoms with E-state index in [1.165, 1.54) is 0 Å². The Balaban J connectivity index is 1.82. The Hall–Kier alpha value is -2.08. The topological polar surface area (TPSA) is 97.2 Å². The number of aromatic nitrogens is 2. The second-order valence-electron chi connectivity index (χ2n) is 4.08. The van der Waals surface area contributed by atoms with E-state index in [2.05, 4.69) is 15.5 Å². The molecule has 1 unspecified atom stereocenters. The van der Waals surface area contributed by atoms with Gasteiger partial charge in [0.2, 0.25) is 5.89 Å². The molecule has 1 atom stereocenters. The summed E-state index contributed by atoms with van der Waals surface area (Å²) in [5.74, 6) is 0.687. The molecule has 0 spiro atoms. The molecule has 0 saturated carbocycles. The number of aromatic hydroxyl groups is 1. The fourth-order valence-corrected chi connectivity index (χ4v) is 1.47. The SMILES string of the molecule is CC(N)c1nnc(NCCc2ccc(O)cc2)o1. The summed E-state index contributed by atoms with van der Waals surface area (Å²) >= 11 is 0. The molecule has 6 nitrogen and oxygen atoms in total. The third kappa shape index (κ3) is 3.21. The number of hydrogen-bond acceptors (Lipinski definition) is 6. The molecular formula is C12H16N4O2. The Morgan fingerprint density at radius 2 is 2.06 bits per heavy atom. The number of benzene rings is 1. The Bertz CT molecular complexity index is 493. The van der Waals surface area contributed by atoms with Gasteiger partial charge in [-0.15, -0.1) is 5.10 Å². The van der Waals surface area contributed by atoms with Crippen LogP contribution in [-0.4, -0.2) is 21.8 Å². The zero-order valence-corrected chi connectivity index (χ0v) is 10.1. The largest absolute Gasteiger partial charge is 0.508 e. The number of nitrogens with two attached hydrogens (primary N) is 1. The van der Waals surface area contributed by atoms with Gasteiger partial charge in [0.1, 0.15) is 5.75 Å². The monoisotopic (exact) mass is 248 g/mol. The third-order valence-corrected chi connectivity index (χ3v) is 2.46. The van der Waals surface area contributed by atoms with Gasteiger partial charge < -0.3 is 20.6 Å². The van der Waals surface area contributed by atoms with Crippen LogP contribution in [0, 0.1) is 0 Å². The highest BCUT2D eigenvalue weighted by Gasteiger charge is 2.08. The fourth-order valence-electron chi connectivity index (χ4n) is 1.47. The van der Waals surface area contributed by atoms with Crippen molar-refractivity contribution in [2.45, 2.75) is 19.4 Å². The molecule has 0 aliphatic carbocycles. The maximum atomic E-state index is 9.15. The first-order valence-corrected chi connectivity index (χ1v) is 5.76. The normalized spacial score (nSPS) is 12.3. The highest BCUT2D eigenvalue weighted by atomic mass is 16.4. The van der Waals surface area contributed by atoms with Crippen LogP contribution in [0.1, 0.15) is 24.4 Å². The van der Waals surface area contributed by atoms with Crippen LogP contribution in [0.25, 0.3) is 0 Å². The van der Waals surface area contributed by atoms with E-state index in [9.17, 15) is 0 Å². The van der Waals surface area contributed by atoms with Crippen LogP contribution >= 0.6 is 0 Å². The first kappa shape index (κ1) is 12.4. The predicted molar refractivity (Wildman–Crippen MR) is 67.2 cm³/mol. The quantitative estimate of drug-likeness (QED) is 0.741. The molecule has 0 aliphatic rings. The predicted octanol–water partition coefficient (Wildman–Crippen LogP) is 1.45. The van der Waals surface area contributed by atoms with Gasteiger partial charge in [0.25, 0.3) is 0 Å². The van der Waals surface area contributed by atoms with Crippen molar-refractivity contribution in [3.63, 3.8) is 0 Å². The average Bonchev–Trinajstić information content (AvgIpc) is 2.81. The first-order valence-electron chi connectivity index (χ1n) is 5.76. The Kier molecular flexibility index (Phi) is 3.78. The van der Waals surface area contributed by atoms with Gasteiger partial charge >= 0.3 is 6.01 Å². The zero-order valence-electron chi connectivity index (χ0n) is 10.1. The highest BCUT2D eigenvalue weighted by molar-refractivity contribution is 5.27. The molecule has 0 saturated heterocycles. The first-order chi connectivity index (χ1) is 8.65. The number of phenolic OH excluding ortho intramolecular Hbond substituents is 1. The van der Waals surface area contributed by atoms with Crippen LogP contribution in [0.4, 0.5) is 6.01 Å². The van der Waals surface area contributed by atoms with Crippen LogP contribution in [0.2, 0.25) is 0 Å². The Morgan fingerprint density at radius 1 is 1.33 bits per heavy atom. The van der Waals surface area contributed by atoms with Crippen molar-refractivity contribution in [1.82, 2.24) is 10.2 Å². The Morgan fingerprint density at radius 3 is 2.67 bits per heavy atom. The van der Waals surface area contributed by atoms with Gasteiger partial charge in [-0.05, 0) is 31.0 Å². The number of phenols is 1. The molecule has 2 aromatic rings. The van der Waals surface area contributed by atoms with E-state index in [4.69, 9.17) is 15.3 Å². The molecule has 4 N–H and O–H groups in total. The number of rotatable bonds is 5. The molecule has 0 bridgehead atoms. The van der Waals surface area contributed by atoms with Crippen molar-refractivity contribution in [3.8, 4) is 5.75 Å². The van der Waals surface area contributed by atoms with Gasteiger partial charge in [-0.3, -0.25) is 0 Å². The summed E-state index contributed by atoms with van der Waals surface area (Å²) in [6.45, 7) is 2.46. The van der Waals surface area contributed by atoms with Crippen LogP contribution in [0.15, 0.2) is 28.7 Å². The van der Waals surface area contributed by atoms with E-state index < -0.39 is 0 Å². The minimum absolute atomic E-state index is 0.259. The van der Waals surface area contributed by atoms with Crippen molar-refractivity contribution >= 4 is 6.01 Å². The van der Waals surface area contributed by atoms with E-state index in [1.807, 2.05) is 12.1 Å². The molecule has 1 aromatic carbocycles. The van der Waals surface area contributed by atoms with Crippen molar-refractivity contribution in [2.24, 2.45) is 5.73 Å². The van der Waals surface area contributed by atoms with E-state index in [0.29, 0.717) is 18.5 Å². The van der Waals surface area contributed by atoms with Crippen LogP contribution in [-0.2, 0) is 6.42 Å². The third-order valence-electron chi connectivity index (χ3n) is 2.46. The van der Waals surface area contributed by atoms with Gasteiger partial charge in [-0.25, -0.2) is 0 Å². The number of nitrogens with one attached hydrogen (secondary N) is 1. The van der Waals surface area contributed by atoms with Crippen molar-refractivity contribution < 1.29 is 9.52 Å². The van der Waals surface area contributed by atoms with Gasteiger partial charge in [0.05, 0.1) is 6.04 Å². The summed E-state index contributed by atoms with van der Waals surface area (Å²) in [5, 5.41) is 19.8. The molecule has 0 fully saturated rings. The maximum Gasteiger partial charge on any atom is 0.315 e. The Labute approximate surface area is 105 Å². The molecular weight excluding hydrogens is 232 g/mol. The second kappa shape index (κ2) is 5.50. The number of nitrogens with zero attached hydrogens (tertiary/aromatic N) is 2. The van der Waals surface area contributed by atoms with Crippen molar-refractivity contribution in [3.05, 3.63) is 35.7 Å². The van der Waals surface area contributed by atoms with Gasteiger partial charge in [-0.2, -0.15) is 0 Å². The lowest BCUT2D eigenvalue weighted by Crippen LogP contribution is -2.05. The van der Waals surface area contributed by atoms with E-state index >= 15 is 0 Å². The highest BCUT2D eigenvalue weighted by Crippen LogP contribution is 2.12. The molecule has 1 aromatic heterocycles. The summed E-state index contributed by atoms with van der Waals surface area (Å²) in [5.41, 5.74) is 6.73. The molecule has 0 amide bonds. The molecule has 6 heteroatoms. The van der Waals surface area contributed by atoms with E-state index in [-0.39, 0.29) is 11.8 Å². The minimum atomic E-state index is -0.259. The molecule has 96 valence electrons. The second-order valence-corrected chi connectivity index (χ2v) is 4.08. The maximum absolute atomic E-state index is 9.15. The summed E-state index contributed by atoms with van der Waals surface area (Å²) in [6.07, 6.45) is 0.802. The van der Waals surface area contributed by atoms with Crippen LogP contribution in [0.5, 0.6) is 5.75 Å². The molecule has 0 aliphatic heterocycles. The smallest absolute Gasteiger partial charge is 0.315 e. The number of anilines is 1. The summed E-state index contributed by atoms with van der Waals surface area (Å²) in [6, 6.07) is 7.19. The molecule has 2 rings (SSSR count). The van der Waals surface area contributed by atoms with Gasteiger partial charge in [0, 0.05) is 6.54 Å². The zero-order chi connectivity index (χ0) is 13.0. The standard InChI is InChI=1S/C12H16N4O2/c1-8(13)11-15-16-12(18-11)14-7-6-9-2-4-10(17)5-3-9/h2-5,8,17H,6-7,13H2,1H3,(H,14,16). The minimum Gasteiger partial charge on any atom is -0.508 e. The van der Waals surface area contributed by atoms with E-state index in [1.54, 1.807) is 19.1 Å². The van der Waals surface area contributed by atoms with Crippen LogP contribution < -0.4 is 11.1 Å². The summed E-state index contributed by atoms with van der Waals surface area (Å²) in [4.78, 5) is 0. The number of hydrogen-bond donors (Lipinski definition) is 3. The molecule has 1 heterocycles. The van der Waals surface area contributed by atoms with E-state index in [0.717, 1.165) is 12.0 Å². The fraction of sp³-hybridized carbons (Fsp3) is 0.333. The lowest BCUT2D eigenvalue weighted by molar-refractivity contribution is 0.472. The van der Waals surface area contributed by atoms with Crippen LogP contribution in [0.3, 0.4) is 0 Å². The average molecular weight is 248 g/mol. The summed E-state index contributed by atoms with van der Waals surface area (Å²) in [7, 11) is 0. The van der Waals surface area contributed by atoms with Gasteiger partial charge in [-0.1, -0.05) is 17.2 Å². The lowest BCUT2D eigenvalue weighted by atomic mass is 10.1. The van der Waals surface area contributed by atoms with Crippen molar-refractivity contribution in [2.75, 3.05) is 11.9 Å². The lowest BCUT2D eigenvalue weighted by Gasteiger charge is -2.02. The molecule has 18 heavy (non-hydrogen) atoms. The van der Waals surface area contributed by atoms with Crippen molar-refractivity contribution in [1.29, 1.82) is 0 Å². The molecule has 0 radical (unpaired) electrons.